The molecule has 0 spiro atoms. The number of rotatable bonds is 7. The molecule has 0 saturated carbocycles. The normalized spacial score (nSPS) is 10.4. The van der Waals surface area contributed by atoms with Gasteiger partial charge in [-0.2, -0.15) is 0 Å². The molecule has 2 rings (SSSR count). The Morgan fingerprint density at radius 3 is 2.52 bits per heavy atom. The summed E-state index contributed by atoms with van der Waals surface area (Å²) < 4.78 is 0. The van der Waals surface area contributed by atoms with Crippen molar-refractivity contribution in [2.24, 2.45) is 0 Å². The molecular formula is C16H18Cl2N4O. The first-order valence-electron chi connectivity index (χ1n) is 7.42. The van der Waals surface area contributed by atoms with Crippen LogP contribution in [0.4, 0.5) is 11.6 Å². The molecule has 1 aromatic carbocycles. The zero-order chi connectivity index (χ0) is 16.7. The van der Waals surface area contributed by atoms with E-state index in [2.05, 4.69) is 27.5 Å². The Bertz CT molecular complexity index is 662. The Morgan fingerprint density at radius 1 is 1.13 bits per heavy atom. The molecule has 122 valence electrons. The number of anilines is 2. The fraction of sp³-hybridized carbons (Fsp3) is 0.312. The monoisotopic (exact) mass is 352 g/mol. The molecule has 0 atom stereocenters. The summed E-state index contributed by atoms with van der Waals surface area (Å²) in [5, 5.41) is 6.66. The molecule has 0 saturated heterocycles. The summed E-state index contributed by atoms with van der Waals surface area (Å²) in [5.41, 5.74) is 0.932. The van der Waals surface area contributed by atoms with E-state index in [1.807, 2.05) is 0 Å². The van der Waals surface area contributed by atoms with Crippen LogP contribution in [0.2, 0.25) is 10.0 Å². The van der Waals surface area contributed by atoms with Gasteiger partial charge in [0.15, 0.2) is 0 Å². The molecule has 2 aromatic rings. The SMILES string of the molecule is CCCCCNc1ncc(C(=O)Nc2ccc(Cl)c(Cl)c2)cn1. The minimum absolute atomic E-state index is 0.305. The van der Waals surface area contributed by atoms with Crippen LogP contribution >= 0.6 is 23.2 Å². The summed E-state index contributed by atoms with van der Waals surface area (Å²) in [5.74, 6) is 0.216. The van der Waals surface area contributed by atoms with E-state index < -0.39 is 0 Å². The van der Waals surface area contributed by atoms with E-state index >= 15 is 0 Å². The van der Waals surface area contributed by atoms with Gasteiger partial charge in [-0.3, -0.25) is 4.79 Å². The van der Waals surface area contributed by atoms with Gasteiger partial charge in [0.25, 0.3) is 5.91 Å². The number of hydrogen-bond donors (Lipinski definition) is 2. The highest BCUT2D eigenvalue weighted by Crippen LogP contribution is 2.25. The van der Waals surface area contributed by atoms with Crippen LogP contribution in [0.5, 0.6) is 0 Å². The molecular weight excluding hydrogens is 335 g/mol. The molecule has 0 aliphatic rings. The van der Waals surface area contributed by atoms with E-state index in [0.717, 1.165) is 25.8 Å². The quantitative estimate of drug-likeness (QED) is 0.712. The molecule has 2 N–H and O–H groups in total. The van der Waals surface area contributed by atoms with Crippen LogP contribution < -0.4 is 10.6 Å². The molecule has 0 unspecified atom stereocenters. The molecule has 0 bridgehead atoms. The number of carbonyl (C=O) groups excluding carboxylic acids is 1. The zero-order valence-corrected chi connectivity index (χ0v) is 14.3. The van der Waals surface area contributed by atoms with Gasteiger partial charge in [0.05, 0.1) is 15.6 Å². The van der Waals surface area contributed by atoms with Crippen molar-refractivity contribution in [3.63, 3.8) is 0 Å². The van der Waals surface area contributed by atoms with Crippen LogP contribution in [-0.2, 0) is 0 Å². The molecule has 0 aliphatic heterocycles. The molecule has 5 nitrogen and oxygen atoms in total. The van der Waals surface area contributed by atoms with Gasteiger partial charge in [0.2, 0.25) is 5.95 Å². The first kappa shape index (κ1) is 17.5. The maximum atomic E-state index is 12.1. The van der Waals surface area contributed by atoms with Crippen molar-refractivity contribution in [2.45, 2.75) is 26.2 Å². The summed E-state index contributed by atoms with van der Waals surface area (Å²) in [6, 6.07) is 4.89. The number of hydrogen-bond acceptors (Lipinski definition) is 4. The number of aromatic nitrogens is 2. The Hall–Kier alpha value is -1.85. The van der Waals surface area contributed by atoms with Crippen molar-refractivity contribution in [1.82, 2.24) is 9.97 Å². The molecule has 23 heavy (non-hydrogen) atoms. The smallest absolute Gasteiger partial charge is 0.258 e. The minimum Gasteiger partial charge on any atom is -0.354 e. The Labute approximate surface area is 145 Å². The first-order chi connectivity index (χ1) is 11.1. The van der Waals surface area contributed by atoms with Gasteiger partial charge < -0.3 is 10.6 Å². The van der Waals surface area contributed by atoms with E-state index in [1.165, 1.54) is 12.4 Å². The van der Waals surface area contributed by atoms with Crippen molar-refractivity contribution < 1.29 is 4.79 Å². The number of benzene rings is 1. The lowest BCUT2D eigenvalue weighted by atomic mass is 10.2. The highest BCUT2D eigenvalue weighted by Gasteiger charge is 2.09. The standard InChI is InChI=1S/C16H18Cl2N4O/c1-2-3-4-7-19-16-20-9-11(10-21-16)15(23)22-12-5-6-13(17)14(18)8-12/h5-6,8-10H,2-4,7H2,1H3,(H,22,23)(H,19,20,21). The average molecular weight is 353 g/mol. The number of carbonyl (C=O) groups is 1. The van der Waals surface area contributed by atoms with Crippen molar-refractivity contribution >= 4 is 40.7 Å². The largest absolute Gasteiger partial charge is 0.354 e. The van der Waals surface area contributed by atoms with Crippen LogP contribution in [0, 0.1) is 0 Å². The Kier molecular flexibility index (Phi) is 6.62. The number of unbranched alkanes of at least 4 members (excludes halogenated alkanes) is 2. The third-order valence-corrected chi connectivity index (χ3v) is 3.89. The predicted octanol–water partition coefficient (Wildman–Crippen LogP) is 4.64. The lowest BCUT2D eigenvalue weighted by Gasteiger charge is -2.07. The van der Waals surface area contributed by atoms with Gasteiger partial charge in [0, 0.05) is 24.6 Å². The van der Waals surface area contributed by atoms with Gasteiger partial charge in [-0.1, -0.05) is 43.0 Å². The van der Waals surface area contributed by atoms with Crippen LogP contribution in [-0.4, -0.2) is 22.4 Å². The van der Waals surface area contributed by atoms with E-state index in [0.29, 0.717) is 27.2 Å². The summed E-state index contributed by atoms with van der Waals surface area (Å²) in [7, 11) is 0. The van der Waals surface area contributed by atoms with E-state index in [-0.39, 0.29) is 5.91 Å². The third-order valence-electron chi connectivity index (χ3n) is 3.15. The molecule has 0 radical (unpaired) electrons. The molecule has 1 amide bonds. The van der Waals surface area contributed by atoms with Crippen molar-refractivity contribution in [3.8, 4) is 0 Å². The highest BCUT2D eigenvalue weighted by atomic mass is 35.5. The fourth-order valence-corrected chi connectivity index (χ4v) is 2.19. The number of nitrogens with one attached hydrogen (secondary N) is 2. The number of halogens is 2. The minimum atomic E-state index is -0.305. The van der Waals surface area contributed by atoms with Crippen LogP contribution in [0.25, 0.3) is 0 Å². The second-order valence-electron chi connectivity index (χ2n) is 5.01. The van der Waals surface area contributed by atoms with Gasteiger partial charge in [0.1, 0.15) is 0 Å². The van der Waals surface area contributed by atoms with E-state index in [4.69, 9.17) is 23.2 Å². The van der Waals surface area contributed by atoms with E-state index in [9.17, 15) is 4.79 Å². The summed E-state index contributed by atoms with van der Waals surface area (Å²) in [6.45, 7) is 2.97. The summed E-state index contributed by atoms with van der Waals surface area (Å²) in [6.07, 6.45) is 6.37. The molecule has 1 heterocycles. The third kappa shape index (κ3) is 5.37. The topological polar surface area (TPSA) is 66.9 Å². The molecule has 1 aromatic heterocycles. The van der Waals surface area contributed by atoms with Gasteiger partial charge in [-0.15, -0.1) is 0 Å². The highest BCUT2D eigenvalue weighted by molar-refractivity contribution is 6.42. The van der Waals surface area contributed by atoms with Gasteiger partial charge >= 0.3 is 0 Å². The van der Waals surface area contributed by atoms with Crippen molar-refractivity contribution in [3.05, 3.63) is 46.2 Å². The molecule has 7 heteroatoms. The predicted molar refractivity (Wildman–Crippen MR) is 94.5 cm³/mol. The average Bonchev–Trinajstić information content (AvgIpc) is 2.55. The summed E-state index contributed by atoms with van der Waals surface area (Å²) >= 11 is 11.8. The summed E-state index contributed by atoms with van der Waals surface area (Å²) in [4.78, 5) is 20.4. The number of amides is 1. The Morgan fingerprint density at radius 2 is 1.87 bits per heavy atom. The van der Waals surface area contributed by atoms with Crippen LogP contribution in [0.1, 0.15) is 36.5 Å². The Balaban J connectivity index is 1.93. The van der Waals surface area contributed by atoms with Crippen LogP contribution in [0.3, 0.4) is 0 Å². The van der Waals surface area contributed by atoms with Crippen LogP contribution in [0.15, 0.2) is 30.6 Å². The fourth-order valence-electron chi connectivity index (χ4n) is 1.89. The maximum absolute atomic E-state index is 12.1. The van der Waals surface area contributed by atoms with Gasteiger partial charge in [-0.05, 0) is 24.6 Å². The first-order valence-corrected chi connectivity index (χ1v) is 8.18. The zero-order valence-electron chi connectivity index (χ0n) is 12.8. The van der Waals surface area contributed by atoms with Crippen molar-refractivity contribution in [2.75, 3.05) is 17.2 Å². The molecule has 0 fully saturated rings. The second-order valence-corrected chi connectivity index (χ2v) is 5.83. The van der Waals surface area contributed by atoms with Crippen molar-refractivity contribution in [1.29, 1.82) is 0 Å². The lowest BCUT2D eigenvalue weighted by molar-refractivity contribution is 0.102. The molecule has 0 aliphatic carbocycles. The number of nitrogens with zero attached hydrogens (tertiary/aromatic N) is 2. The van der Waals surface area contributed by atoms with E-state index in [1.54, 1.807) is 18.2 Å². The van der Waals surface area contributed by atoms with Gasteiger partial charge in [-0.25, -0.2) is 9.97 Å². The lowest BCUT2D eigenvalue weighted by Crippen LogP contribution is -2.13. The second kappa shape index (κ2) is 8.70. The maximum Gasteiger partial charge on any atom is 0.258 e.